The maximum absolute atomic E-state index is 12.3. The number of sulfone groups is 1. The summed E-state index contributed by atoms with van der Waals surface area (Å²) in [4.78, 5) is 0.363. The number of hydrogen-bond acceptors (Lipinski definition) is 4. The molecular formula is C14H20O4S. The minimum atomic E-state index is -3.26. The third-order valence-corrected chi connectivity index (χ3v) is 5.07. The van der Waals surface area contributed by atoms with E-state index in [0.717, 1.165) is 24.8 Å². The zero-order valence-electron chi connectivity index (χ0n) is 11.2. The van der Waals surface area contributed by atoms with Gasteiger partial charge in [0, 0.05) is 13.7 Å². The highest BCUT2D eigenvalue weighted by Crippen LogP contribution is 2.19. The largest absolute Gasteiger partial charge is 0.380 e. The van der Waals surface area contributed by atoms with Gasteiger partial charge in [-0.25, -0.2) is 8.42 Å². The lowest BCUT2D eigenvalue weighted by Gasteiger charge is -2.22. The van der Waals surface area contributed by atoms with Crippen LogP contribution in [0.3, 0.4) is 0 Å². The number of hydrogen-bond donors (Lipinski definition) is 0. The van der Waals surface area contributed by atoms with E-state index in [9.17, 15) is 8.42 Å². The summed E-state index contributed by atoms with van der Waals surface area (Å²) in [6.45, 7) is 1.17. The van der Waals surface area contributed by atoms with Gasteiger partial charge in [0.05, 0.1) is 23.4 Å². The van der Waals surface area contributed by atoms with Crippen LogP contribution >= 0.6 is 0 Å². The van der Waals surface area contributed by atoms with Gasteiger partial charge in [-0.05, 0) is 37.0 Å². The predicted molar refractivity (Wildman–Crippen MR) is 72.8 cm³/mol. The van der Waals surface area contributed by atoms with Crippen molar-refractivity contribution in [1.82, 2.24) is 0 Å². The normalized spacial score (nSPS) is 20.4. The molecule has 5 heteroatoms. The van der Waals surface area contributed by atoms with Gasteiger partial charge in [0.2, 0.25) is 0 Å². The molecule has 1 heterocycles. The second-order valence-corrected chi connectivity index (χ2v) is 6.88. The van der Waals surface area contributed by atoms with Crippen molar-refractivity contribution in [3.05, 3.63) is 29.8 Å². The second kappa shape index (κ2) is 6.50. The van der Waals surface area contributed by atoms with Crippen LogP contribution in [-0.4, -0.2) is 34.0 Å². The van der Waals surface area contributed by atoms with Crippen molar-refractivity contribution in [2.45, 2.75) is 36.9 Å². The number of benzene rings is 1. The first kappa shape index (κ1) is 14.5. The zero-order valence-corrected chi connectivity index (χ0v) is 12.0. The van der Waals surface area contributed by atoms with Crippen molar-refractivity contribution in [2.75, 3.05) is 19.5 Å². The molecule has 0 unspecified atom stereocenters. The quantitative estimate of drug-likeness (QED) is 0.831. The summed E-state index contributed by atoms with van der Waals surface area (Å²) in [5.74, 6) is 0.0800. The summed E-state index contributed by atoms with van der Waals surface area (Å²) in [7, 11) is -1.64. The Bertz CT molecular complexity index is 487. The van der Waals surface area contributed by atoms with Gasteiger partial charge in [0.25, 0.3) is 0 Å². The highest BCUT2D eigenvalue weighted by atomic mass is 32.2. The van der Waals surface area contributed by atoms with Crippen LogP contribution in [0.1, 0.15) is 24.8 Å². The molecule has 1 saturated heterocycles. The summed E-state index contributed by atoms with van der Waals surface area (Å²) in [5, 5.41) is 0. The highest BCUT2D eigenvalue weighted by molar-refractivity contribution is 7.91. The first-order chi connectivity index (χ1) is 9.12. The monoisotopic (exact) mass is 284 g/mol. The van der Waals surface area contributed by atoms with Crippen molar-refractivity contribution < 1.29 is 17.9 Å². The number of ether oxygens (including phenoxy) is 2. The maximum atomic E-state index is 12.3. The van der Waals surface area contributed by atoms with Crippen molar-refractivity contribution in [3.63, 3.8) is 0 Å². The molecule has 106 valence electrons. The summed E-state index contributed by atoms with van der Waals surface area (Å²) < 4.78 is 35.0. The van der Waals surface area contributed by atoms with Crippen LogP contribution in [0.5, 0.6) is 0 Å². The molecule has 0 amide bonds. The molecule has 1 atom stereocenters. The van der Waals surface area contributed by atoms with E-state index in [2.05, 4.69) is 0 Å². The van der Waals surface area contributed by atoms with E-state index in [1.807, 2.05) is 0 Å². The van der Waals surface area contributed by atoms with Crippen LogP contribution in [0.2, 0.25) is 0 Å². The Hall–Kier alpha value is -0.910. The Labute approximate surface area is 114 Å². The predicted octanol–water partition coefficient (Wildman–Crippen LogP) is 2.18. The molecule has 1 aliphatic heterocycles. The third-order valence-electron chi connectivity index (χ3n) is 3.27. The minimum absolute atomic E-state index is 0.0800. The van der Waals surface area contributed by atoms with E-state index < -0.39 is 9.84 Å². The van der Waals surface area contributed by atoms with E-state index in [-0.39, 0.29) is 11.9 Å². The first-order valence-corrected chi connectivity index (χ1v) is 8.19. The molecule has 0 radical (unpaired) electrons. The SMILES string of the molecule is COCc1ccc(S(=O)(=O)C[C@H]2CCCCO2)cc1. The lowest BCUT2D eigenvalue weighted by Crippen LogP contribution is -2.27. The zero-order chi connectivity index (χ0) is 13.7. The van der Waals surface area contributed by atoms with Crippen molar-refractivity contribution in [1.29, 1.82) is 0 Å². The van der Waals surface area contributed by atoms with Crippen molar-refractivity contribution >= 4 is 9.84 Å². The third kappa shape index (κ3) is 4.03. The van der Waals surface area contributed by atoms with E-state index in [4.69, 9.17) is 9.47 Å². The Kier molecular flexibility index (Phi) is 4.96. The lowest BCUT2D eigenvalue weighted by atomic mass is 10.1. The molecule has 0 saturated carbocycles. The van der Waals surface area contributed by atoms with Crippen molar-refractivity contribution in [3.8, 4) is 0 Å². The summed E-state index contributed by atoms with van der Waals surface area (Å²) in [6, 6.07) is 6.87. The average Bonchev–Trinajstić information content (AvgIpc) is 2.40. The standard InChI is InChI=1S/C14H20O4S/c1-17-10-12-5-7-14(8-6-12)19(15,16)11-13-4-2-3-9-18-13/h5-8,13H,2-4,9-11H2,1H3/t13-/m1/s1. The molecule has 1 fully saturated rings. The van der Waals surface area contributed by atoms with Gasteiger partial charge in [-0.1, -0.05) is 12.1 Å². The number of rotatable bonds is 5. The second-order valence-electron chi connectivity index (χ2n) is 4.85. The summed E-state index contributed by atoms with van der Waals surface area (Å²) in [6.07, 6.45) is 2.76. The van der Waals surface area contributed by atoms with E-state index in [1.165, 1.54) is 0 Å². The topological polar surface area (TPSA) is 52.6 Å². The van der Waals surface area contributed by atoms with Crippen LogP contribution < -0.4 is 0 Å². The van der Waals surface area contributed by atoms with Gasteiger partial charge >= 0.3 is 0 Å². The van der Waals surface area contributed by atoms with Crippen LogP contribution in [0.15, 0.2) is 29.2 Å². The Morgan fingerprint density at radius 3 is 2.58 bits per heavy atom. The van der Waals surface area contributed by atoms with Crippen LogP contribution in [-0.2, 0) is 25.9 Å². The van der Waals surface area contributed by atoms with Gasteiger partial charge in [-0.2, -0.15) is 0 Å². The summed E-state index contributed by atoms with van der Waals surface area (Å²) in [5.41, 5.74) is 0.968. The Balaban J connectivity index is 2.05. The molecule has 1 aromatic rings. The van der Waals surface area contributed by atoms with E-state index in [1.54, 1.807) is 31.4 Å². The molecule has 0 aliphatic carbocycles. The van der Waals surface area contributed by atoms with Crippen LogP contribution in [0.25, 0.3) is 0 Å². The fraction of sp³-hybridized carbons (Fsp3) is 0.571. The van der Waals surface area contributed by atoms with Gasteiger partial charge in [-0.15, -0.1) is 0 Å². The molecule has 0 spiro atoms. The molecule has 1 aliphatic rings. The first-order valence-electron chi connectivity index (χ1n) is 6.54. The minimum Gasteiger partial charge on any atom is -0.380 e. The number of methoxy groups -OCH3 is 1. The highest BCUT2D eigenvalue weighted by Gasteiger charge is 2.23. The Morgan fingerprint density at radius 1 is 1.26 bits per heavy atom. The lowest BCUT2D eigenvalue weighted by molar-refractivity contribution is 0.0305. The van der Waals surface area contributed by atoms with Gasteiger partial charge < -0.3 is 9.47 Å². The molecule has 2 rings (SSSR count). The molecule has 1 aromatic carbocycles. The summed E-state index contributed by atoms with van der Waals surface area (Å²) >= 11 is 0. The molecular weight excluding hydrogens is 264 g/mol. The van der Waals surface area contributed by atoms with Gasteiger partial charge in [0.15, 0.2) is 9.84 Å². The fourth-order valence-corrected chi connectivity index (χ4v) is 3.74. The van der Waals surface area contributed by atoms with Crippen LogP contribution in [0.4, 0.5) is 0 Å². The smallest absolute Gasteiger partial charge is 0.180 e. The van der Waals surface area contributed by atoms with Gasteiger partial charge in [0.1, 0.15) is 0 Å². The fourth-order valence-electron chi connectivity index (χ4n) is 2.24. The van der Waals surface area contributed by atoms with Gasteiger partial charge in [-0.3, -0.25) is 0 Å². The van der Waals surface area contributed by atoms with Crippen molar-refractivity contribution in [2.24, 2.45) is 0 Å². The van der Waals surface area contributed by atoms with E-state index >= 15 is 0 Å². The Morgan fingerprint density at radius 2 is 2.00 bits per heavy atom. The molecule has 0 N–H and O–H groups in total. The maximum Gasteiger partial charge on any atom is 0.180 e. The molecule has 4 nitrogen and oxygen atoms in total. The van der Waals surface area contributed by atoms with Crippen LogP contribution in [0, 0.1) is 0 Å². The van der Waals surface area contributed by atoms with E-state index in [0.29, 0.717) is 18.1 Å². The molecule has 0 bridgehead atoms. The average molecular weight is 284 g/mol. The molecule has 19 heavy (non-hydrogen) atoms. The molecule has 0 aromatic heterocycles.